The molecule has 21 heavy (non-hydrogen) atoms. The minimum Gasteiger partial charge on any atom is -0.481 e. The van der Waals surface area contributed by atoms with Crippen LogP contribution in [0.3, 0.4) is 0 Å². The van der Waals surface area contributed by atoms with Crippen LogP contribution in [0.5, 0.6) is 0 Å². The molecule has 120 valence electrons. The van der Waals surface area contributed by atoms with Crippen LogP contribution in [-0.4, -0.2) is 29.7 Å². The maximum Gasteiger partial charge on any atom is 0.315 e. The van der Waals surface area contributed by atoms with E-state index in [1.54, 1.807) is 0 Å². The zero-order chi connectivity index (χ0) is 15.5. The predicted octanol–water partition coefficient (Wildman–Crippen LogP) is 2.76. The molecule has 1 atom stereocenters. The zero-order valence-electron chi connectivity index (χ0n) is 13.2. The first-order valence-corrected chi connectivity index (χ1v) is 8.15. The Hall–Kier alpha value is -1.26. The first kappa shape index (κ1) is 16.1. The summed E-state index contributed by atoms with van der Waals surface area (Å²) in [5.41, 5.74) is 0.326. The van der Waals surface area contributed by atoms with Crippen molar-refractivity contribution in [3.8, 4) is 0 Å². The molecule has 0 saturated heterocycles. The van der Waals surface area contributed by atoms with Gasteiger partial charge in [-0.15, -0.1) is 0 Å². The Morgan fingerprint density at radius 2 is 1.81 bits per heavy atom. The number of carbonyl (C=O) groups excluding carboxylic acids is 1. The van der Waals surface area contributed by atoms with Crippen LogP contribution in [0.15, 0.2) is 0 Å². The Morgan fingerprint density at radius 1 is 1.14 bits per heavy atom. The molecule has 5 nitrogen and oxygen atoms in total. The first-order chi connectivity index (χ1) is 9.88. The summed E-state index contributed by atoms with van der Waals surface area (Å²) in [5, 5.41) is 14.9. The van der Waals surface area contributed by atoms with Crippen molar-refractivity contribution < 1.29 is 14.7 Å². The van der Waals surface area contributed by atoms with Crippen molar-refractivity contribution in [1.29, 1.82) is 0 Å². The molecule has 3 N–H and O–H groups in total. The third kappa shape index (κ3) is 4.35. The molecule has 0 aromatic heterocycles. The van der Waals surface area contributed by atoms with E-state index < -0.39 is 5.97 Å². The average molecular weight is 296 g/mol. The van der Waals surface area contributed by atoms with Crippen molar-refractivity contribution in [2.24, 2.45) is 17.3 Å². The molecular formula is C16H28N2O3. The van der Waals surface area contributed by atoms with E-state index in [0.29, 0.717) is 24.2 Å². The van der Waals surface area contributed by atoms with Crippen LogP contribution in [0, 0.1) is 17.3 Å². The molecule has 2 fully saturated rings. The highest BCUT2D eigenvalue weighted by atomic mass is 16.4. The number of urea groups is 1. The Balaban J connectivity index is 1.67. The van der Waals surface area contributed by atoms with Crippen LogP contribution in [0.1, 0.15) is 58.8 Å². The Kier molecular flexibility index (Phi) is 5.12. The molecule has 1 unspecified atom stereocenters. The van der Waals surface area contributed by atoms with Gasteiger partial charge in [-0.25, -0.2) is 4.79 Å². The Morgan fingerprint density at radius 3 is 2.33 bits per heavy atom. The summed E-state index contributed by atoms with van der Waals surface area (Å²) in [4.78, 5) is 22.8. The van der Waals surface area contributed by atoms with Gasteiger partial charge >= 0.3 is 12.0 Å². The molecule has 0 aromatic carbocycles. The van der Waals surface area contributed by atoms with Crippen LogP contribution in [-0.2, 0) is 4.79 Å². The van der Waals surface area contributed by atoms with Gasteiger partial charge < -0.3 is 15.7 Å². The van der Waals surface area contributed by atoms with Crippen molar-refractivity contribution in [2.45, 2.75) is 64.8 Å². The lowest BCUT2D eigenvalue weighted by Crippen LogP contribution is -2.46. The maximum absolute atomic E-state index is 12.0. The van der Waals surface area contributed by atoms with E-state index in [2.05, 4.69) is 24.5 Å². The van der Waals surface area contributed by atoms with Crippen molar-refractivity contribution in [3.05, 3.63) is 0 Å². The van der Waals surface area contributed by atoms with Crippen LogP contribution in [0.4, 0.5) is 4.79 Å². The largest absolute Gasteiger partial charge is 0.481 e. The molecule has 0 aromatic rings. The van der Waals surface area contributed by atoms with E-state index in [0.717, 1.165) is 19.4 Å². The van der Waals surface area contributed by atoms with Crippen molar-refractivity contribution in [1.82, 2.24) is 10.6 Å². The van der Waals surface area contributed by atoms with Gasteiger partial charge in [0.25, 0.3) is 0 Å². The monoisotopic (exact) mass is 296 g/mol. The van der Waals surface area contributed by atoms with Crippen molar-refractivity contribution in [2.75, 3.05) is 6.54 Å². The molecule has 0 radical (unpaired) electrons. The van der Waals surface area contributed by atoms with Gasteiger partial charge in [-0.2, -0.15) is 0 Å². The fourth-order valence-corrected chi connectivity index (χ4v) is 3.71. The number of amides is 2. The highest BCUT2D eigenvalue weighted by Gasteiger charge is 2.34. The summed E-state index contributed by atoms with van der Waals surface area (Å²) in [6.45, 7) is 5.29. The van der Waals surface area contributed by atoms with Gasteiger partial charge in [0.1, 0.15) is 0 Å². The molecule has 2 amide bonds. The zero-order valence-corrected chi connectivity index (χ0v) is 13.2. The topological polar surface area (TPSA) is 78.4 Å². The molecule has 2 saturated carbocycles. The number of rotatable bonds is 4. The predicted molar refractivity (Wildman–Crippen MR) is 81.0 cm³/mol. The lowest BCUT2D eigenvalue weighted by atomic mass is 9.82. The summed E-state index contributed by atoms with van der Waals surface area (Å²) in [5.74, 6) is -0.377. The molecule has 0 bridgehead atoms. The molecule has 5 heteroatoms. The quantitative estimate of drug-likeness (QED) is 0.746. The summed E-state index contributed by atoms with van der Waals surface area (Å²) in [7, 11) is 0. The van der Waals surface area contributed by atoms with Gasteiger partial charge in [0, 0.05) is 12.6 Å². The minimum absolute atomic E-state index is 0.100. The van der Waals surface area contributed by atoms with Gasteiger partial charge in [0.15, 0.2) is 0 Å². The second kappa shape index (κ2) is 6.67. The smallest absolute Gasteiger partial charge is 0.315 e. The highest BCUT2D eigenvalue weighted by Crippen LogP contribution is 2.41. The fourth-order valence-electron chi connectivity index (χ4n) is 3.71. The summed E-state index contributed by atoms with van der Waals surface area (Å²) >= 11 is 0. The molecule has 0 heterocycles. The van der Waals surface area contributed by atoms with E-state index in [1.807, 2.05) is 0 Å². The number of hydrogen-bond donors (Lipinski definition) is 3. The second-order valence-corrected chi connectivity index (χ2v) is 7.32. The first-order valence-electron chi connectivity index (χ1n) is 8.15. The van der Waals surface area contributed by atoms with Crippen LogP contribution < -0.4 is 10.6 Å². The number of carboxylic acids is 1. The van der Waals surface area contributed by atoms with Crippen LogP contribution in [0.2, 0.25) is 0 Å². The lowest BCUT2D eigenvalue weighted by Gasteiger charge is -2.29. The molecule has 2 aliphatic carbocycles. The molecule has 0 spiro atoms. The summed E-state index contributed by atoms with van der Waals surface area (Å²) in [6.07, 6.45) is 6.53. The fraction of sp³-hybridized carbons (Fsp3) is 0.875. The molecule has 0 aliphatic heterocycles. The van der Waals surface area contributed by atoms with Gasteiger partial charge in [-0.05, 0) is 49.9 Å². The SMILES string of the molecule is CC1(C)CCCC1CNC(=O)NC1CCC(C(=O)O)CC1. The highest BCUT2D eigenvalue weighted by molar-refractivity contribution is 5.74. The van der Waals surface area contributed by atoms with E-state index in [-0.39, 0.29) is 18.0 Å². The number of carbonyl (C=O) groups is 2. The van der Waals surface area contributed by atoms with E-state index >= 15 is 0 Å². The Labute approximate surface area is 126 Å². The average Bonchev–Trinajstić information content (AvgIpc) is 2.76. The number of carboxylic acid groups (broad SMARTS) is 1. The standard InChI is InChI=1S/C16H28N2O3/c1-16(2)9-3-4-12(16)10-17-15(21)18-13-7-5-11(6-8-13)14(19)20/h11-13H,3-10H2,1-2H3,(H,19,20)(H2,17,18,21). The third-order valence-electron chi connectivity index (χ3n) is 5.40. The minimum atomic E-state index is -0.707. The second-order valence-electron chi connectivity index (χ2n) is 7.32. The van der Waals surface area contributed by atoms with E-state index in [4.69, 9.17) is 5.11 Å². The third-order valence-corrected chi connectivity index (χ3v) is 5.40. The maximum atomic E-state index is 12.0. The number of nitrogens with one attached hydrogen (secondary N) is 2. The van der Waals surface area contributed by atoms with Gasteiger partial charge in [-0.3, -0.25) is 4.79 Å². The summed E-state index contributed by atoms with van der Waals surface area (Å²) < 4.78 is 0. The van der Waals surface area contributed by atoms with E-state index in [9.17, 15) is 9.59 Å². The molecule has 2 rings (SSSR count). The van der Waals surface area contributed by atoms with E-state index in [1.165, 1.54) is 19.3 Å². The van der Waals surface area contributed by atoms with Crippen LogP contribution in [0.25, 0.3) is 0 Å². The summed E-state index contributed by atoms with van der Waals surface area (Å²) in [6, 6.07) is 0.0219. The number of aliphatic carboxylic acids is 1. The van der Waals surface area contributed by atoms with Gasteiger partial charge in [-0.1, -0.05) is 20.3 Å². The normalized spacial score (nSPS) is 31.6. The van der Waals surface area contributed by atoms with Crippen LogP contribution >= 0.6 is 0 Å². The molecule has 2 aliphatic rings. The Bertz CT molecular complexity index is 387. The molecular weight excluding hydrogens is 268 g/mol. The van der Waals surface area contributed by atoms with Gasteiger partial charge in [0.05, 0.1) is 5.92 Å². The van der Waals surface area contributed by atoms with Gasteiger partial charge in [0.2, 0.25) is 0 Å². The van der Waals surface area contributed by atoms with Crippen molar-refractivity contribution in [3.63, 3.8) is 0 Å². The number of hydrogen-bond acceptors (Lipinski definition) is 2. The van der Waals surface area contributed by atoms with Crippen molar-refractivity contribution >= 4 is 12.0 Å². The lowest BCUT2D eigenvalue weighted by molar-refractivity contribution is -0.142.